The Hall–Kier alpha value is -3.81. The minimum Gasteiger partial charge on any atom is -0.494 e. The minimum atomic E-state index is -0.391. The van der Waals surface area contributed by atoms with Crippen molar-refractivity contribution in [3.05, 3.63) is 65.4 Å². The topological polar surface area (TPSA) is 102 Å². The third-order valence-corrected chi connectivity index (χ3v) is 7.29. The highest BCUT2D eigenvalue weighted by Crippen LogP contribution is 2.50. The largest absolute Gasteiger partial charge is 0.494 e. The summed E-state index contributed by atoms with van der Waals surface area (Å²) in [5, 5.41) is 15.1. The summed E-state index contributed by atoms with van der Waals surface area (Å²) in [4.78, 5) is 14.7. The van der Waals surface area contributed by atoms with Crippen LogP contribution >= 0.6 is 0 Å². The summed E-state index contributed by atoms with van der Waals surface area (Å²) in [6.45, 7) is 5.49. The lowest BCUT2D eigenvalue weighted by atomic mass is 9.96. The smallest absolute Gasteiger partial charge is 0.319 e. The number of benzene rings is 3. The van der Waals surface area contributed by atoms with E-state index < -0.39 is 5.97 Å². The first-order chi connectivity index (χ1) is 18.0. The van der Waals surface area contributed by atoms with E-state index in [0.717, 1.165) is 44.6 Å². The molecule has 3 aromatic carbocycles. The van der Waals surface area contributed by atoms with Gasteiger partial charge >= 0.3 is 5.97 Å². The molecule has 190 valence electrons. The quantitative estimate of drug-likeness (QED) is 0.194. The second kappa shape index (κ2) is 9.25. The van der Waals surface area contributed by atoms with Crippen LogP contribution in [-0.4, -0.2) is 39.9 Å². The number of ether oxygens (including phenoxy) is 2. The molecule has 7 heteroatoms. The Morgan fingerprint density at radius 1 is 1.16 bits per heavy atom. The molecule has 0 amide bonds. The lowest BCUT2D eigenvalue weighted by Crippen LogP contribution is -2.17. The second-order valence-corrected chi connectivity index (χ2v) is 9.98. The van der Waals surface area contributed by atoms with E-state index in [1.54, 1.807) is 0 Å². The second-order valence-electron chi connectivity index (χ2n) is 9.98. The van der Waals surface area contributed by atoms with Crippen LogP contribution in [0.2, 0.25) is 0 Å². The molecule has 0 bridgehead atoms. The Kier molecular flexibility index (Phi) is 5.89. The maximum absolute atomic E-state index is 11.6. The van der Waals surface area contributed by atoms with Gasteiger partial charge in [-0.15, -0.1) is 0 Å². The van der Waals surface area contributed by atoms with Crippen LogP contribution in [0.1, 0.15) is 37.0 Å². The number of carbonyl (C=O) groups excluding carboxylic acids is 1. The zero-order valence-electron chi connectivity index (χ0n) is 21.1. The zero-order chi connectivity index (χ0) is 25.7. The summed E-state index contributed by atoms with van der Waals surface area (Å²) in [7, 11) is 0. The highest BCUT2D eigenvalue weighted by Gasteiger charge is 2.29. The fourth-order valence-electron chi connectivity index (χ4n) is 5.75. The van der Waals surface area contributed by atoms with Gasteiger partial charge in [-0.05, 0) is 54.7 Å². The number of aromatic amines is 1. The summed E-state index contributed by atoms with van der Waals surface area (Å²) >= 11 is 0. The van der Waals surface area contributed by atoms with Crippen molar-refractivity contribution < 1.29 is 19.4 Å². The van der Waals surface area contributed by atoms with E-state index in [2.05, 4.69) is 52.0 Å². The Bertz CT molecular complexity index is 1660. The fraction of sp³-hybridized carbons (Fsp3) is 0.300. The van der Waals surface area contributed by atoms with E-state index in [0.29, 0.717) is 26.2 Å². The standard InChI is InChI=1S/C30H31N3O4/c1-17(2)37-16-18-8-9-24-21(12-18)27-23-15-32-30(35)28(23)26-20-7-4-3-6-19(20)13-22(26)29(27)33(24)10-5-11-36-25(34)14-31/h3-4,6-9,12,15,17,32,35H,5,10-11,13-14,16,31H2,1-2H3. The van der Waals surface area contributed by atoms with Crippen molar-refractivity contribution in [1.82, 2.24) is 9.55 Å². The number of hydrogen-bond donors (Lipinski definition) is 3. The highest BCUT2D eigenvalue weighted by atomic mass is 16.5. The van der Waals surface area contributed by atoms with Gasteiger partial charge in [-0.1, -0.05) is 30.3 Å². The van der Waals surface area contributed by atoms with Gasteiger partial charge in [-0.2, -0.15) is 0 Å². The van der Waals surface area contributed by atoms with Crippen LogP contribution in [0.4, 0.5) is 0 Å². The molecule has 6 rings (SSSR count). The Balaban J connectivity index is 1.60. The number of nitrogens with zero attached hydrogens (tertiary/aromatic N) is 1. The molecule has 7 nitrogen and oxygen atoms in total. The van der Waals surface area contributed by atoms with Gasteiger partial charge < -0.3 is 29.9 Å². The van der Waals surface area contributed by atoms with E-state index in [1.165, 1.54) is 22.2 Å². The van der Waals surface area contributed by atoms with Crippen LogP contribution in [0, 0.1) is 0 Å². The third kappa shape index (κ3) is 3.86. The van der Waals surface area contributed by atoms with Crippen molar-refractivity contribution in [2.24, 2.45) is 5.73 Å². The molecular weight excluding hydrogens is 466 g/mol. The average molecular weight is 498 g/mol. The van der Waals surface area contributed by atoms with E-state index in [4.69, 9.17) is 15.2 Å². The molecule has 0 radical (unpaired) electrons. The van der Waals surface area contributed by atoms with Crippen molar-refractivity contribution in [2.45, 2.75) is 45.9 Å². The van der Waals surface area contributed by atoms with Crippen LogP contribution in [0.5, 0.6) is 5.88 Å². The minimum absolute atomic E-state index is 0.114. The SMILES string of the molecule is CC(C)OCc1ccc2c(c1)c1c3c[nH]c(O)c3c3c(c1n2CCCOC(=O)CN)Cc1ccccc1-3. The van der Waals surface area contributed by atoms with Gasteiger partial charge in [0.1, 0.15) is 0 Å². The molecule has 2 aromatic heterocycles. The summed E-state index contributed by atoms with van der Waals surface area (Å²) in [6, 6.07) is 14.9. The maximum Gasteiger partial charge on any atom is 0.319 e. The van der Waals surface area contributed by atoms with E-state index >= 15 is 0 Å². The van der Waals surface area contributed by atoms with Crippen LogP contribution < -0.4 is 5.73 Å². The van der Waals surface area contributed by atoms with E-state index in [-0.39, 0.29) is 18.5 Å². The van der Waals surface area contributed by atoms with Crippen molar-refractivity contribution in [2.75, 3.05) is 13.2 Å². The Labute approximate surface area is 214 Å². The number of rotatable bonds is 8. The normalized spacial score (nSPS) is 12.6. The van der Waals surface area contributed by atoms with Crippen molar-refractivity contribution >= 4 is 38.5 Å². The van der Waals surface area contributed by atoms with E-state index in [9.17, 15) is 9.90 Å². The summed E-state index contributed by atoms with van der Waals surface area (Å²) in [6.07, 6.45) is 3.52. The molecule has 0 aliphatic heterocycles. The maximum atomic E-state index is 11.6. The summed E-state index contributed by atoms with van der Waals surface area (Å²) < 4.78 is 13.5. The Morgan fingerprint density at radius 2 is 2.00 bits per heavy atom. The van der Waals surface area contributed by atoms with Gasteiger partial charge in [0.05, 0.1) is 36.8 Å². The molecule has 0 unspecified atom stereocenters. The average Bonchev–Trinajstić information content (AvgIpc) is 3.56. The molecular formula is C30H31N3O4. The van der Waals surface area contributed by atoms with Gasteiger partial charge in [0.2, 0.25) is 0 Å². The Morgan fingerprint density at radius 3 is 2.81 bits per heavy atom. The molecule has 1 aliphatic rings. The number of esters is 1. The molecule has 5 aromatic rings. The highest BCUT2D eigenvalue weighted by molar-refractivity contribution is 6.27. The van der Waals surface area contributed by atoms with Crippen molar-refractivity contribution in [3.8, 4) is 17.0 Å². The molecule has 0 saturated heterocycles. The molecule has 4 N–H and O–H groups in total. The fourth-order valence-corrected chi connectivity index (χ4v) is 5.75. The van der Waals surface area contributed by atoms with Gasteiger partial charge in [-0.3, -0.25) is 4.79 Å². The predicted octanol–water partition coefficient (Wildman–Crippen LogP) is 5.37. The zero-order valence-corrected chi connectivity index (χ0v) is 21.1. The number of aryl methyl sites for hydroxylation is 1. The monoisotopic (exact) mass is 497 g/mol. The van der Waals surface area contributed by atoms with E-state index in [1.807, 2.05) is 20.0 Å². The van der Waals surface area contributed by atoms with Gasteiger partial charge in [0, 0.05) is 46.4 Å². The number of nitrogens with one attached hydrogen (secondary N) is 1. The van der Waals surface area contributed by atoms with Gasteiger partial charge in [0.15, 0.2) is 5.88 Å². The number of nitrogens with two attached hydrogens (primary N) is 1. The van der Waals surface area contributed by atoms with Crippen LogP contribution in [0.15, 0.2) is 48.7 Å². The molecule has 0 atom stereocenters. The first kappa shape index (κ1) is 23.6. The van der Waals surface area contributed by atoms with Crippen molar-refractivity contribution in [3.63, 3.8) is 0 Å². The molecule has 0 saturated carbocycles. The number of carbonyl (C=O) groups is 1. The van der Waals surface area contributed by atoms with Crippen LogP contribution in [-0.2, 0) is 33.8 Å². The first-order valence-electron chi connectivity index (χ1n) is 12.8. The number of H-pyrrole nitrogens is 1. The van der Waals surface area contributed by atoms with Crippen LogP contribution in [0.25, 0.3) is 43.7 Å². The number of aromatic hydroxyl groups is 1. The van der Waals surface area contributed by atoms with Crippen molar-refractivity contribution in [1.29, 1.82) is 0 Å². The molecule has 0 spiro atoms. The number of fused-ring (bicyclic) bond motifs is 10. The molecule has 1 aliphatic carbocycles. The first-order valence-corrected chi connectivity index (χ1v) is 12.8. The molecule has 0 fully saturated rings. The lowest BCUT2D eigenvalue weighted by Gasteiger charge is -2.12. The lowest BCUT2D eigenvalue weighted by molar-refractivity contribution is -0.142. The van der Waals surface area contributed by atoms with Gasteiger partial charge in [0.25, 0.3) is 0 Å². The summed E-state index contributed by atoms with van der Waals surface area (Å²) in [5.74, 6) is -0.198. The summed E-state index contributed by atoms with van der Waals surface area (Å²) in [5.41, 5.74) is 13.5. The molecule has 2 heterocycles. The third-order valence-electron chi connectivity index (χ3n) is 7.29. The number of aromatic nitrogens is 2. The number of hydrogen-bond acceptors (Lipinski definition) is 5. The molecule has 37 heavy (non-hydrogen) atoms. The van der Waals surface area contributed by atoms with Gasteiger partial charge in [-0.25, -0.2) is 0 Å². The predicted molar refractivity (Wildman–Crippen MR) is 146 cm³/mol. The van der Waals surface area contributed by atoms with Crippen LogP contribution in [0.3, 0.4) is 0 Å².